The number of hydrogen-bond donors (Lipinski definition) is 0. The zero-order valence-electron chi connectivity index (χ0n) is 7.62. The van der Waals surface area contributed by atoms with Crippen molar-refractivity contribution >= 4 is 135 Å². The molecule has 3 heterocycles. The van der Waals surface area contributed by atoms with E-state index in [1.54, 1.807) is 15.6 Å². The summed E-state index contributed by atoms with van der Waals surface area (Å²) in [6.45, 7) is 0. The van der Waals surface area contributed by atoms with Crippen LogP contribution in [-0.2, 0) is 0 Å². The minimum absolute atomic E-state index is 0.754. The van der Waals surface area contributed by atoms with E-state index in [1.807, 2.05) is 13.5 Å². The van der Waals surface area contributed by atoms with E-state index in [-0.39, 0.29) is 0 Å². The fourth-order valence-electron chi connectivity index (χ4n) is 1.15. The standard InChI is InChI=1S/C8H4I2Se6/c9-3-4(10)14-7(13-3)8-15-5-6(16-8)12-2-1-11-5/h1-2H2. The fourth-order valence-corrected chi connectivity index (χ4v) is 35.9. The second kappa shape index (κ2) is 6.71. The van der Waals surface area contributed by atoms with Gasteiger partial charge in [0.05, 0.1) is 0 Å². The zero-order valence-corrected chi connectivity index (χ0v) is 22.2. The molecule has 0 atom stereocenters. The van der Waals surface area contributed by atoms with Crippen LogP contribution in [0.1, 0.15) is 0 Å². The molecule has 0 bridgehead atoms. The van der Waals surface area contributed by atoms with E-state index in [0.29, 0.717) is 0 Å². The summed E-state index contributed by atoms with van der Waals surface area (Å²) in [5.41, 5.74) is 0. The van der Waals surface area contributed by atoms with Gasteiger partial charge in [-0.1, -0.05) is 0 Å². The third kappa shape index (κ3) is 3.34. The van der Waals surface area contributed by atoms with Crippen molar-refractivity contribution in [2.75, 3.05) is 0 Å². The van der Waals surface area contributed by atoms with Crippen LogP contribution in [0.15, 0.2) is 18.4 Å². The molecule has 0 aromatic heterocycles. The van der Waals surface area contributed by atoms with Gasteiger partial charge >= 0.3 is 164 Å². The molecule has 0 saturated heterocycles. The molecule has 0 nitrogen and oxygen atoms in total. The maximum absolute atomic E-state index is 2.59. The predicted molar refractivity (Wildman–Crippen MR) is 93.3 cm³/mol. The van der Waals surface area contributed by atoms with E-state index >= 15 is 0 Å². The first-order valence-corrected chi connectivity index (χ1v) is 17.4. The molecule has 0 radical (unpaired) electrons. The summed E-state index contributed by atoms with van der Waals surface area (Å²) in [5.74, 6) is 0. The van der Waals surface area contributed by atoms with Crippen LogP contribution in [0.5, 0.6) is 0 Å². The summed E-state index contributed by atoms with van der Waals surface area (Å²) in [4.78, 5) is 0. The van der Waals surface area contributed by atoms with Gasteiger partial charge in [0, 0.05) is 0 Å². The summed E-state index contributed by atoms with van der Waals surface area (Å²) in [5, 5.41) is 3.13. The van der Waals surface area contributed by atoms with Crippen LogP contribution >= 0.6 is 45.2 Å². The molecule has 0 aromatic rings. The van der Waals surface area contributed by atoms with Crippen molar-refractivity contribution in [3.63, 3.8) is 0 Å². The Balaban J connectivity index is 1.79. The maximum atomic E-state index is 2.59. The van der Waals surface area contributed by atoms with Gasteiger partial charge in [-0.2, -0.15) is 0 Å². The molecular formula is C8H4I2Se6. The molecule has 0 amide bonds. The monoisotopic (exact) mass is 833 g/mol. The molecule has 0 aromatic carbocycles. The van der Waals surface area contributed by atoms with Crippen molar-refractivity contribution in [3.05, 3.63) is 18.4 Å². The van der Waals surface area contributed by atoms with Crippen LogP contribution in [0.2, 0.25) is 10.6 Å². The minimum atomic E-state index is 0.754. The molecule has 3 aliphatic rings. The molecule has 0 N–H and O–H groups in total. The first kappa shape index (κ1) is 14.7. The van der Waals surface area contributed by atoms with Crippen molar-refractivity contribution in [3.8, 4) is 0 Å². The molecule has 16 heavy (non-hydrogen) atoms. The Hall–Kier alpha value is 3.80. The van der Waals surface area contributed by atoms with Crippen molar-refractivity contribution in [1.82, 2.24) is 0 Å². The Kier molecular flexibility index (Phi) is 6.17. The summed E-state index contributed by atoms with van der Waals surface area (Å²) in [7, 11) is 0. The summed E-state index contributed by atoms with van der Waals surface area (Å²) in [6, 6.07) is 0. The van der Waals surface area contributed by atoms with Gasteiger partial charge in [-0.05, 0) is 0 Å². The average Bonchev–Trinajstić information content (AvgIpc) is 2.83. The van der Waals surface area contributed by atoms with Gasteiger partial charge in [-0.25, -0.2) is 0 Å². The number of hydrogen-bond acceptors (Lipinski definition) is 0. The number of rotatable bonds is 0. The molecule has 0 saturated carbocycles. The van der Waals surface area contributed by atoms with Crippen molar-refractivity contribution < 1.29 is 0 Å². The van der Waals surface area contributed by atoms with E-state index in [0.717, 1.165) is 89.7 Å². The molecule has 8 heteroatoms. The predicted octanol–water partition coefficient (Wildman–Crippen LogP) is 1.34. The normalized spacial score (nSPS) is 25.9. The van der Waals surface area contributed by atoms with Crippen LogP contribution in [0.25, 0.3) is 0 Å². The molecule has 0 spiro atoms. The second-order valence-corrected chi connectivity index (χ2v) is 26.7. The number of halogens is 2. The van der Waals surface area contributed by atoms with Gasteiger partial charge in [0.1, 0.15) is 0 Å². The van der Waals surface area contributed by atoms with Gasteiger partial charge < -0.3 is 0 Å². The molecule has 0 unspecified atom stereocenters. The van der Waals surface area contributed by atoms with Gasteiger partial charge in [-0.3, -0.25) is 0 Å². The van der Waals surface area contributed by atoms with Crippen LogP contribution in [0.4, 0.5) is 0 Å². The Bertz CT molecular complexity index is 402. The van der Waals surface area contributed by atoms with Crippen molar-refractivity contribution in [1.29, 1.82) is 0 Å². The molecular weight excluding hydrogens is 824 g/mol. The third-order valence-electron chi connectivity index (χ3n) is 1.77. The summed E-state index contributed by atoms with van der Waals surface area (Å²) >= 11 is 10.2. The molecule has 0 aliphatic carbocycles. The van der Waals surface area contributed by atoms with Gasteiger partial charge in [0.15, 0.2) is 0 Å². The van der Waals surface area contributed by atoms with Crippen LogP contribution in [0.3, 0.4) is 0 Å². The van der Waals surface area contributed by atoms with Gasteiger partial charge in [0.25, 0.3) is 0 Å². The Morgan fingerprint density at radius 3 is 1.56 bits per heavy atom. The summed E-state index contributed by atoms with van der Waals surface area (Å²) in [6.07, 6.45) is 0. The Labute approximate surface area is 160 Å². The van der Waals surface area contributed by atoms with E-state index in [4.69, 9.17) is 0 Å². The Morgan fingerprint density at radius 1 is 0.625 bits per heavy atom. The van der Waals surface area contributed by atoms with Crippen LogP contribution < -0.4 is 0 Å². The van der Waals surface area contributed by atoms with Gasteiger partial charge in [-0.15, -0.1) is 0 Å². The molecule has 3 rings (SSSR count). The molecule has 3 aliphatic heterocycles. The van der Waals surface area contributed by atoms with E-state index in [9.17, 15) is 0 Å². The van der Waals surface area contributed by atoms with Gasteiger partial charge in [0.2, 0.25) is 0 Å². The zero-order chi connectivity index (χ0) is 11.1. The third-order valence-corrected chi connectivity index (χ3v) is 33.2. The molecule has 86 valence electrons. The van der Waals surface area contributed by atoms with Crippen molar-refractivity contribution in [2.45, 2.75) is 10.6 Å². The quantitative estimate of drug-likeness (QED) is 0.256. The average molecular weight is 828 g/mol. The SMILES string of the molecule is IC1=C(I)[Se]C(=C2[Se]C3=C([Se]CC[Se]3)[Se]2)[Se]1. The van der Waals surface area contributed by atoms with E-state index in [2.05, 4.69) is 45.2 Å². The van der Waals surface area contributed by atoms with E-state index in [1.165, 1.54) is 0 Å². The summed E-state index contributed by atoms with van der Waals surface area (Å²) < 4.78 is 11.4. The first-order valence-electron chi connectivity index (χ1n) is 4.25. The van der Waals surface area contributed by atoms with E-state index < -0.39 is 0 Å². The van der Waals surface area contributed by atoms with Crippen LogP contribution in [-0.4, -0.2) is 89.7 Å². The first-order chi connectivity index (χ1) is 7.74. The second-order valence-electron chi connectivity index (χ2n) is 2.80. The topological polar surface area (TPSA) is 0 Å². The molecule has 0 fully saturated rings. The fraction of sp³-hybridized carbons (Fsp3) is 0.250. The van der Waals surface area contributed by atoms with Crippen LogP contribution in [0, 0.1) is 0 Å². The van der Waals surface area contributed by atoms with Crippen molar-refractivity contribution in [2.24, 2.45) is 0 Å². The Morgan fingerprint density at radius 2 is 1.06 bits per heavy atom.